The number of carbonyl (C=O) groups excluding carboxylic acids is 1. The van der Waals surface area contributed by atoms with Crippen molar-refractivity contribution in [1.29, 1.82) is 0 Å². The van der Waals surface area contributed by atoms with Crippen LogP contribution in [0.3, 0.4) is 0 Å². The number of likely N-dealkylation sites (N-methyl/N-ethyl adjacent to an activating group) is 1. The minimum absolute atomic E-state index is 0.0497. The fourth-order valence-electron chi connectivity index (χ4n) is 2.90. The van der Waals surface area contributed by atoms with Crippen molar-refractivity contribution in [3.05, 3.63) is 64.6 Å². The highest BCUT2D eigenvalue weighted by Crippen LogP contribution is 2.33. The zero-order valence-electron chi connectivity index (χ0n) is 16.1. The summed E-state index contributed by atoms with van der Waals surface area (Å²) in [6.07, 6.45) is 0. The first kappa shape index (κ1) is 20.0. The molecule has 3 aromatic carbocycles. The van der Waals surface area contributed by atoms with E-state index in [1.54, 1.807) is 32.2 Å². The zero-order chi connectivity index (χ0) is 20.1. The first-order chi connectivity index (χ1) is 13.5. The minimum atomic E-state index is -0.127. The van der Waals surface area contributed by atoms with Crippen LogP contribution in [0.2, 0.25) is 0 Å². The standard InChI is InChI=1S/C22H22BrNO4/c1-24(13-16-8-10-17(26-2)12-20(16)27-3)21(25)14-28-19-11-9-15-6-4-5-7-18(15)22(19)23/h4-12H,13-14H2,1-3H3. The van der Waals surface area contributed by atoms with Crippen molar-refractivity contribution in [3.63, 3.8) is 0 Å². The molecule has 0 aliphatic carbocycles. The highest BCUT2D eigenvalue weighted by Gasteiger charge is 2.15. The largest absolute Gasteiger partial charge is 0.497 e. The number of ether oxygens (including phenoxy) is 3. The van der Waals surface area contributed by atoms with E-state index < -0.39 is 0 Å². The molecule has 5 nitrogen and oxygen atoms in total. The van der Waals surface area contributed by atoms with E-state index in [0.29, 0.717) is 23.8 Å². The van der Waals surface area contributed by atoms with Gasteiger partial charge in [0.05, 0.1) is 18.7 Å². The number of hydrogen-bond donors (Lipinski definition) is 0. The van der Waals surface area contributed by atoms with Gasteiger partial charge in [0, 0.05) is 25.2 Å². The van der Waals surface area contributed by atoms with Crippen molar-refractivity contribution < 1.29 is 19.0 Å². The summed E-state index contributed by atoms with van der Waals surface area (Å²) in [5, 5.41) is 2.15. The molecule has 0 spiro atoms. The van der Waals surface area contributed by atoms with Gasteiger partial charge in [-0.05, 0) is 44.9 Å². The molecule has 0 fully saturated rings. The van der Waals surface area contributed by atoms with Crippen LogP contribution in [0.15, 0.2) is 59.1 Å². The van der Waals surface area contributed by atoms with Crippen molar-refractivity contribution in [1.82, 2.24) is 4.90 Å². The maximum atomic E-state index is 12.5. The number of benzene rings is 3. The molecule has 28 heavy (non-hydrogen) atoms. The molecule has 3 aromatic rings. The second-order valence-electron chi connectivity index (χ2n) is 6.32. The fourth-order valence-corrected chi connectivity index (χ4v) is 3.51. The number of rotatable bonds is 7. The summed E-state index contributed by atoms with van der Waals surface area (Å²) in [4.78, 5) is 14.1. The molecule has 0 N–H and O–H groups in total. The Balaban J connectivity index is 1.66. The van der Waals surface area contributed by atoms with Crippen molar-refractivity contribution in [2.75, 3.05) is 27.9 Å². The number of nitrogens with zero attached hydrogens (tertiary/aromatic N) is 1. The van der Waals surface area contributed by atoms with Gasteiger partial charge in [0.2, 0.25) is 0 Å². The molecule has 0 saturated heterocycles. The summed E-state index contributed by atoms with van der Waals surface area (Å²) in [5.74, 6) is 1.90. The highest BCUT2D eigenvalue weighted by molar-refractivity contribution is 9.10. The van der Waals surface area contributed by atoms with Gasteiger partial charge >= 0.3 is 0 Å². The van der Waals surface area contributed by atoms with E-state index in [2.05, 4.69) is 15.9 Å². The fraction of sp³-hybridized carbons (Fsp3) is 0.227. The molecule has 0 aliphatic heterocycles. The average molecular weight is 444 g/mol. The van der Waals surface area contributed by atoms with Gasteiger partial charge in [0.25, 0.3) is 5.91 Å². The third-order valence-corrected chi connectivity index (χ3v) is 5.32. The van der Waals surface area contributed by atoms with Crippen LogP contribution in [0.25, 0.3) is 10.8 Å². The van der Waals surface area contributed by atoms with Gasteiger partial charge in [0.15, 0.2) is 6.61 Å². The summed E-state index contributed by atoms with van der Waals surface area (Å²) >= 11 is 3.58. The Labute approximate surface area is 172 Å². The predicted molar refractivity (Wildman–Crippen MR) is 113 cm³/mol. The summed E-state index contributed by atoms with van der Waals surface area (Å²) < 4.78 is 17.2. The first-order valence-corrected chi connectivity index (χ1v) is 9.57. The molecule has 0 heterocycles. The number of hydrogen-bond acceptors (Lipinski definition) is 4. The Morgan fingerprint density at radius 3 is 2.54 bits per heavy atom. The van der Waals surface area contributed by atoms with E-state index in [9.17, 15) is 4.79 Å². The number of fused-ring (bicyclic) bond motifs is 1. The number of halogens is 1. The van der Waals surface area contributed by atoms with Crippen LogP contribution in [0, 0.1) is 0 Å². The third kappa shape index (κ3) is 4.39. The van der Waals surface area contributed by atoms with E-state index in [4.69, 9.17) is 14.2 Å². The lowest BCUT2D eigenvalue weighted by Crippen LogP contribution is -2.31. The second kappa shape index (κ2) is 8.97. The summed E-state index contributed by atoms with van der Waals surface area (Å²) in [6, 6.07) is 17.4. The predicted octanol–water partition coefficient (Wildman–Crippen LogP) is 4.66. The van der Waals surface area contributed by atoms with Gasteiger partial charge < -0.3 is 19.1 Å². The molecule has 0 radical (unpaired) electrons. The second-order valence-corrected chi connectivity index (χ2v) is 7.11. The minimum Gasteiger partial charge on any atom is -0.497 e. The van der Waals surface area contributed by atoms with Crippen molar-refractivity contribution in [2.24, 2.45) is 0 Å². The van der Waals surface area contributed by atoms with Crippen LogP contribution >= 0.6 is 15.9 Å². The lowest BCUT2D eigenvalue weighted by atomic mass is 10.1. The molecule has 3 rings (SSSR count). The smallest absolute Gasteiger partial charge is 0.260 e. The van der Waals surface area contributed by atoms with Crippen LogP contribution in [-0.4, -0.2) is 38.7 Å². The SMILES string of the molecule is COc1ccc(CN(C)C(=O)COc2ccc3ccccc3c2Br)c(OC)c1. The first-order valence-electron chi connectivity index (χ1n) is 8.78. The van der Waals surface area contributed by atoms with Gasteiger partial charge in [-0.15, -0.1) is 0 Å². The van der Waals surface area contributed by atoms with Crippen LogP contribution in [-0.2, 0) is 11.3 Å². The van der Waals surface area contributed by atoms with Crippen molar-refractivity contribution in [2.45, 2.75) is 6.54 Å². The molecule has 1 amide bonds. The van der Waals surface area contributed by atoms with E-state index in [0.717, 1.165) is 20.8 Å². The zero-order valence-corrected chi connectivity index (χ0v) is 17.7. The van der Waals surface area contributed by atoms with Crippen molar-refractivity contribution in [3.8, 4) is 17.2 Å². The molecule has 0 bridgehead atoms. The van der Waals surface area contributed by atoms with Crippen LogP contribution in [0.4, 0.5) is 0 Å². The van der Waals surface area contributed by atoms with Gasteiger partial charge in [-0.25, -0.2) is 0 Å². The van der Waals surface area contributed by atoms with Gasteiger partial charge in [-0.1, -0.05) is 30.3 Å². The summed E-state index contributed by atoms with van der Waals surface area (Å²) in [7, 11) is 4.94. The van der Waals surface area contributed by atoms with E-state index in [-0.39, 0.29) is 12.5 Å². The topological polar surface area (TPSA) is 48.0 Å². The van der Waals surface area contributed by atoms with E-state index in [1.165, 1.54) is 0 Å². The Morgan fingerprint density at radius 2 is 1.79 bits per heavy atom. The molecule has 0 aliphatic rings. The summed E-state index contributed by atoms with van der Waals surface area (Å²) in [6.45, 7) is 0.361. The normalized spacial score (nSPS) is 10.6. The maximum absolute atomic E-state index is 12.5. The Morgan fingerprint density at radius 1 is 1.00 bits per heavy atom. The lowest BCUT2D eigenvalue weighted by Gasteiger charge is -2.20. The van der Waals surface area contributed by atoms with Crippen LogP contribution in [0.1, 0.15) is 5.56 Å². The Hall–Kier alpha value is -2.73. The molecule has 0 unspecified atom stereocenters. The number of methoxy groups -OCH3 is 2. The molecule has 146 valence electrons. The molecule has 0 saturated carbocycles. The molecular formula is C22H22BrNO4. The molecular weight excluding hydrogens is 422 g/mol. The van der Waals surface area contributed by atoms with Gasteiger partial charge in [-0.3, -0.25) is 4.79 Å². The maximum Gasteiger partial charge on any atom is 0.260 e. The lowest BCUT2D eigenvalue weighted by molar-refractivity contribution is -0.132. The summed E-state index contributed by atoms with van der Waals surface area (Å²) in [5.41, 5.74) is 0.894. The molecule has 0 aromatic heterocycles. The van der Waals surface area contributed by atoms with Gasteiger partial charge in [-0.2, -0.15) is 0 Å². The monoisotopic (exact) mass is 443 g/mol. The van der Waals surface area contributed by atoms with Gasteiger partial charge in [0.1, 0.15) is 17.2 Å². The molecule has 6 heteroatoms. The third-order valence-electron chi connectivity index (χ3n) is 4.51. The number of carbonyl (C=O) groups is 1. The van der Waals surface area contributed by atoms with Crippen LogP contribution < -0.4 is 14.2 Å². The van der Waals surface area contributed by atoms with E-state index in [1.807, 2.05) is 48.5 Å². The highest BCUT2D eigenvalue weighted by atomic mass is 79.9. The Bertz CT molecular complexity index is 989. The Kier molecular flexibility index (Phi) is 6.41. The number of amides is 1. The average Bonchev–Trinajstić information content (AvgIpc) is 2.73. The van der Waals surface area contributed by atoms with Crippen LogP contribution in [0.5, 0.6) is 17.2 Å². The van der Waals surface area contributed by atoms with E-state index >= 15 is 0 Å². The van der Waals surface area contributed by atoms with Crippen molar-refractivity contribution >= 4 is 32.6 Å². The molecule has 0 atom stereocenters. The quantitative estimate of drug-likeness (QED) is 0.532.